The van der Waals surface area contributed by atoms with Crippen LogP contribution in [0, 0.1) is 16.1 Å². The first-order chi connectivity index (χ1) is 3.27. The van der Waals surface area contributed by atoms with E-state index in [4.69, 9.17) is 16.4 Å². The zero-order chi connectivity index (χ0) is 5.70. The first-order valence-electron chi connectivity index (χ1n) is 1.42. The van der Waals surface area contributed by atoms with E-state index in [-0.39, 0.29) is 69.8 Å². The number of hydrogen-bond acceptors (Lipinski definition) is 3. The van der Waals surface area contributed by atoms with Crippen molar-refractivity contribution in [1.82, 2.24) is 4.72 Å². The van der Waals surface area contributed by atoms with Gasteiger partial charge in [0.25, 0.3) is 0 Å². The van der Waals surface area contributed by atoms with E-state index in [9.17, 15) is 0 Å². The number of thiocyanates is 1. The molecule has 4 N–H and O–H groups in total. The molecule has 7 heteroatoms. The summed E-state index contributed by atoms with van der Waals surface area (Å²) in [7, 11) is 0. The van der Waals surface area contributed by atoms with Gasteiger partial charge in [-0.15, -0.1) is 12.4 Å². The summed E-state index contributed by atoms with van der Waals surface area (Å²) in [5.41, 5.74) is 4.78. The van der Waals surface area contributed by atoms with Crippen LogP contribution in [-0.2, 0) is 0 Å². The summed E-state index contributed by atoms with van der Waals surface area (Å²) in [6, 6.07) is 0. The van der Waals surface area contributed by atoms with E-state index in [0.29, 0.717) is 0 Å². The van der Waals surface area contributed by atoms with Gasteiger partial charge in [-0.1, -0.05) is 0 Å². The number of hydrogen-bond donors (Lipinski definition) is 3. The van der Waals surface area contributed by atoms with Gasteiger partial charge >= 0.3 is 51.4 Å². The van der Waals surface area contributed by atoms with E-state index in [1.165, 1.54) is 0 Å². The predicted molar refractivity (Wildman–Crippen MR) is 42.7 cm³/mol. The molecule has 9 heavy (non-hydrogen) atoms. The monoisotopic (exact) mass is 192 g/mol. The summed E-state index contributed by atoms with van der Waals surface area (Å²) in [6.45, 7) is 0. The van der Waals surface area contributed by atoms with Crippen LogP contribution < -0.4 is 10.5 Å². The molecule has 0 atom stereocenters. The Labute approximate surface area is 106 Å². The van der Waals surface area contributed by atoms with Crippen LogP contribution in [0.1, 0.15) is 0 Å². The minimum atomic E-state index is -0.202. The van der Waals surface area contributed by atoms with E-state index < -0.39 is 0 Å². The van der Waals surface area contributed by atoms with Gasteiger partial charge in [-0.2, -0.15) is 5.26 Å². The fourth-order valence-corrected chi connectivity index (χ4v) is 0.233. The molecule has 0 aromatic rings. The third-order valence-electron chi connectivity index (χ3n) is 0.207. The van der Waals surface area contributed by atoms with E-state index in [2.05, 4.69) is 4.72 Å². The van der Waals surface area contributed by atoms with Gasteiger partial charge < -0.3 is 5.73 Å². The normalized spacial score (nSPS) is 5.22. The van der Waals surface area contributed by atoms with Gasteiger partial charge in [-0.05, 0) is 0 Å². The first-order valence-corrected chi connectivity index (χ1v) is 2.24. The Morgan fingerprint density at radius 1 is 1.78 bits per heavy atom. The van der Waals surface area contributed by atoms with Gasteiger partial charge in [0.05, 0.1) is 11.9 Å². The van der Waals surface area contributed by atoms with Crippen LogP contribution in [0.5, 0.6) is 0 Å². The standard InChI is InChI=1S/C2H4N4S.ClH.K.H/c3-1-7-6-2(4)5;;;/h(H4,4,5,6);1H;;. The second kappa shape index (κ2) is 11.8. The Hall–Kier alpha value is 1.04. The van der Waals surface area contributed by atoms with Crippen molar-refractivity contribution in [2.45, 2.75) is 0 Å². The quantitative estimate of drug-likeness (QED) is 0.170. The van der Waals surface area contributed by atoms with Crippen LogP contribution in [0.15, 0.2) is 0 Å². The molecule has 0 fully saturated rings. The van der Waals surface area contributed by atoms with Gasteiger partial charge in [-0.25, -0.2) is 0 Å². The van der Waals surface area contributed by atoms with Crippen molar-refractivity contribution in [2.75, 3.05) is 0 Å². The SMILES string of the molecule is Cl.N#CSNC(=N)N.[KH]. The molecule has 0 aliphatic rings. The molecule has 0 amide bonds. The van der Waals surface area contributed by atoms with Crippen LogP contribution in [-0.4, -0.2) is 57.3 Å². The Morgan fingerprint density at radius 3 is 2.33 bits per heavy atom. The Morgan fingerprint density at radius 2 is 2.22 bits per heavy atom. The third kappa shape index (κ3) is 17.6. The second-order valence-electron chi connectivity index (χ2n) is 0.709. The number of rotatable bonds is 1. The van der Waals surface area contributed by atoms with Crippen LogP contribution in [0.4, 0.5) is 0 Å². The molecule has 0 radical (unpaired) electrons. The summed E-state index contributed by atoms with van der Waals surface area (Å²) >= 11 is 0.722. The number of nitrogens with two attached hydrogens (primary N) is 1. The molecule has 0 rings (SSSR count). The summed E-state index contributed by atoms with van der Waals surface area (Å²) in [6.07, 6.45) is 0. The molecule has 0 saturated carbocycles. The number of nitrogens with zero attached hydrogens (tertiary/aromatic N) is 1. The number of guanidine groups is 1. The topological polar surface area (TPSA) is 85.7 Å². The molecule has 48 valence electrons. The zero-order valence-corrected chi connectivity index (χ0v) is 5.47. The number of halogens is 1. The fraction of sp³-hybridized carbons (Fsp3) is 0. The van der Waals surface area contributed by atoms with Crippen molar-refractivity contribution in [3.8, 4) is 5.40 Å². The van der Waals surface area contributed by atoms with Gasteiger partial charge in [-0.3, -0.25) is 10.1 Å². The van der Waals surface area contributed by atoms with Crippen molar-refractivity contribution < 1.29 is 0 Å². The van der Waals surface area contributed by atoms with Crippen molar-refractivity contribution in [2.24, 2.45) is 5.73 Å². The minimum absolute atomic E-state index is 0. The molecule has 0 unspecified atom stereocenters. The van der Waals surface area contributed by atoms with E-state index in [1.807, 2.05) is 0 Å². The van der Waals surface area contributed by atoms with Crippen molar-refractivity contribution in [3.63, 3.8) is 0 Å². The van der Waals surface area contributed by atoms with E-state index >= 15 is 0 Å². The summed E-state index contributed by atoms with van der Waals surface area (Å²) in [5.74, 6) is -0.202. The molecule has 0 aliphatic heterocycles. The molecule has 4 nitrogen and oxygen atoms in total. The molecule has 0 heterocycles. The summed E-state index contributed by atoms with van der Waals surface area (Å²) in [4.78, 5) is 0. The molecule has 0 aromatic carbocycles. The van der Waals surface area contributed by atoms with Crippen LogP contribution >= 0.6 is 24.4 Å². The predicted octanol–water partition coefficient (Wildman–Crippen LogP) is -0.628. The number of nitriles is 1. The summed E-state index contributed by atoms with van der Waals surface area (Å²) < 4.78 is 2.21. The molecule has 0 saturated heterocycles. The third-order valence-corrected chi connectivity index (χ3v) is 0.620. The van der Waals surface area contributed by atoms with Crippen LogP contribution in [0.3, 0.4) is 0 Å². The average molecular weight is 193 g/mol. The van der Waals surface area contributed by atoms with E-state index in [1.54, 1.807) is 5.40 Å². The maximum atomic E-state index is 7.81. The fourth-order valence-electron chi connectivity index (χ4n) is 0.0778. The molecule has 0 aromatic heterocycles. The molecule has 0 spiro atoms. The Bertz CT molecular complexity index is 112. The average Bonchev–Trinajstić information content (AvgIpc) is 1.61. The van der Waals surface area contributed by atoms with Gasteiger partial charge in [0.2, 0.25) is 0 Å². The van der Waals surface area contributed by atoms with Gasteiger partial charge in [0, 0.05) is 0 Å². The van der Waals surface area contributed by atoms with Gasteiger partial charge in [0.1, 0.15) is 0 Å². The second-order valence-corrected chi connectivity index (χ2v) is 1.30. The molecular formula is C2H6ClKN4S. The molecule has 0 bridgehead atoms. The van der Waals surface area contributed by atoms with Gasteiger partial charge in [0.15, 0.2) is 11.4 Å². The Kier molecular flexibility index (Phi) is 21.7. The maximum absolute atomic E-state index is 7.81. The van der Waals surface area contributed by atoms with Crippen molar-refractivity contribution in [1.29, 1.82) is 10.7 Å². The molecular weight excluding hydrogens is 187 g/mol. The van der Waals surface area contributed by atoms with Crippen molar-refractivity contribution >= 4 is 81.7 Å². The van der Waals surface area contributed by atoms with Crippen molar-refractivity contribution in [3.05, 3.63) is 0 Å². The number of nitrogens with one attached hydrogen (secondary N) is 2. The first kappa shape index (κ1) is 16.6. The van der Waals surface area contributed by atoms with Crippen LogP contribution in [0.2, 0.25) is 0 Å². The van der Waals surface area contributed by atoms with Crippen LogP contribution in [0.25, 0.3) is 0 Å². The summed E-state index contributed by atoms with van der Waals surface area (Å²) in [5, 5.41) is 16.0. The zero-order valence-electron chi connectivity index (χ0n) is 3.84. The molecule has 0 aliphatic carbocycles. The van der Waals surface area contributed by atoms with E-state index in [0.717, 1.165) is 11.9 Å². The Balaban J connectivity index is -0.000000180.